The molecule has 3 aliphatic rings. The second kappa shape index (κ2) is 9.88. The minimum Gasteiger partial charge on any atom is -0.353 e. The van der Waals surface area contributed by atoms with E-state index in [4.69, 9.17) is 0 Å². The van der Waals surface area contributed by atoms with Crippen molar-refractivity contribution in [2.24, 2.45) is 5.92 Å². The Morgan fingerprint density at radius 1 is 1.00 bits per heavy atom. The van der Waals surface area contributed by atoms with Crippen molar-refractivity contribution in [3.63, 3.8) is 0 Å². The summed E-state index contributed by atoms with van der Waals surface area (Å²) in [5.41, 5.74) is 7.23. The summed E-state index contributed by atoms with van der Waals surface area (Å²) in [5.74, 6) is 0.566. The Hall–Kier alpha value is -1.99. The lowest BCUT2D eigenvalue weighted by atomic mass is 9.86. The number of piperidine rings is 1. The van der Waals surface area contributed by atoms with E-state index in [2.05, 4.69) is 16.2 Å². The molecule has 3 fully saturated rings. The fourth-order valence-corrected chi connectivity index (χ4v) is 5.04. The number of hydrogen-bond donors (Lipinski definition) is 3. The molecule has 2 saturated heterocycles. The van der Waals surface area contributed by atoms with Crippen LogP contribution < -0.4 is 16.2 Å². The molecule has 2 atom stereocenters. The second-order valence-electron chi connectivity index (χ2n) is 9.06. The van der Waals surface area contributed by atoms with Gasteiger partial charge in [-0.1, -0.05) is 31.4 Å². The van der Waals surface area contributed by atoms with Gasteiger partial charge in [0.05, 0.1) is 0 Å². The van der Waals surface area contributed by atoms with E-state index in [0.29, 0.717) is 31.8 Å². The van der Waals surface area contributed by atoms with Gasteiger partial charge in [0.15, 0.2) is 0 Å². The first-order chi connectivity index (χ1) is 14.6. The first-order valence-corrected chi connectivity index (χ1v) is 11.4. The van der Waals surface area contributed by atoms with Crippen LogP contribution in [0, 0.1) is 11.7 Å². The normalized spacial score (nSPS) is 26.0. The van der Waals surface area contributed by atoms with Gasteiger partial charge in [-0.05, 0) is 55.7 Å². The summed E-state index contributed by atoms with van der Waals surface area (Å²) >= 11 is 0. The van der Waals surface area contributed by atoms with Crippen LogP contribution in [-0.2, 0) is 9.59 Å². The van der Waals surface area contributed by atoms with Crippen LogP contribution in [0.2, 0.25) is 0 Å². The molecule has 30 heavy (non-hydrogen) atoms. The zero-order valence-electron chi connectivity index (χ0n) is 17.5. The number of halogens is 1. The summed E-state index contributed by atoms with van der Waals surface area (Å²) in [6.07, 6.45) is 9.09. The van der Waals surface area contributed by atoms with Crippen molar-refractivity contribution in [3.05, 3.63) is 35.6 Å². The second-order valence-corrected chi connectivity index (χ2v) is 9.06. The summed E-state index contributed by atoms with van der Waals surface area (Å²) in [7, 11) is 0. The van der Waals surface area contributed by atoms with Gasteiger partial charge in [-0.15, -0.1) is 0 Å². The maximum Gasteiger partial charge on any atom is 0.241 e. The topological polar surface area (TPSA) is 73.5 Å². The molecule has 0 aromatic heterocycles. The molecule has 2 unspecified atom stereocenters. The predicted molar refractivity (Wildman–Crippen MR) is 113 cm³/mol. The minimum absolute atomic E-state index is 0.00355. The van der Waals surface area contributed by atoms with Crippen LogP contribution in [0.4, 0.5) is 4.39 Å². The molecule has 0 radical (unpaired) electrons. The van der Waals surface area contributed by atoms with Crippen LogP contribution >= 0.6 is 0 Å². The zero-order chi connectivity index (χ0) is 20.9. The van der Waals surface area contributed by atoms with Gasteiger partial charge in [-0.3, -0.25) is 9.59 Å². The zero-order valence-corrected chi connectivity index (χ0v) is 17.5. The SMILES string of the molecule is O=C(CC1CCCCC1)NC1CCN(C(=O)C2CC(c3ccc(F)cc3)NN2)CC1. The van der Waals surface area contributed by atoms with E-state index in [1.165, 1.54) is 44.2 Å². The van der Waals surface area contributed by atoms with Crippen molar-refractivity contribution >= 4 is 11.8 Å². The van der Waals surface area contributed by atoms with E-state index >= 15 is 0 Å². The van der Waals surface area contributed by atoms with Gasteiger partial charge in [0, 0.05) is 31.6 Å². The average molecular weight is 417 g/mol. The Morgan fingerprint density at radius 2 is 1.70 bits per heavy atom. The highest BCUT2D eigenvalue weighted by Crippen LogP contribution is 2.27. The molecular formula is C23H33FN4O2. The number of nitrogens with one attached hydrogen (secondary N) is 3. The molecule has 3 N–H and O–H groups in total. The summed E-state index contributed by atoms with van der Waals surface area (Å²) in [6.45, 7) is 1.35. The molecule has 6 nitrogen and oxygen atoms in total. The number of benzene rings is 1. The summed E-state index contributed by atoms with van der Waals surface area (Å²) < 4.78 is 13.1. The number of likely N-dealkylation sites (tertiary alicyclic amines) is 1. The third-order valence-electron chi connectivity index (χ3n) is 6.84. The summed E-state index contributed by atoms with van der Waals surface area (Å²) in [6, 6.07) is 6.28. The van der Waals surface area contributed by atoms with E-state index in [1.807, 2.05) is 4.90 Å². The number of carbonyl (C=O) groups is 2. The minimum atomic E-state index is -0.280. The smallest absolute Gasteiger partial charge is 0.241 e. The van der Waals surface area contributed by atoms with Crippen molar-refractivity contribution in [2.45, 2.75) is 75.9 Å². The van der Waals surface area contributed by atoms with Crippen LogP contribution in [0.1, 0.15) is 69.4 Å². The Labute approximate surface area is 177 Å². The molecule has 1 aromatic rings. The number of nitrogens with zero attached hydrogens (tertiary/aromatic N) is 1. The largest absolute Gasteiger partial charge is 0.353 e. The van der Waals surface area contributed by atoms with E-state index in [9.17, 15) is 14.0 Å². The Bertz CT molecular complexity index is 727. The Morgan fingerprint density at radius 3 is 2.40 bits per heavy atom. The van der Waals surface area contributed by atoms with Gasteiger partial charge in [-0.25, -0.2) is 15.2 Å². The highest BCUT2D eigenvalue weighted by atomic mass is 19.1. The molecule has 2 amide bonds. The number of hydrazine groups is 1. The van der Waals surface area contributed by atoms with Crippen LogP contribution in [0.15, 0.2) is 24.3 Å². The lowest BCUT2D eigenvalue weighted by Gasteiger charge is -2.34. The monoisotopic (exact) mass is 416 g/mol. The van der Waals surface area contributed by atoms with Crippen molar-refractivity contribution < 1.29 is 14.0 Å². The first kappa shape index (κ1) is 21.2. The van der Waals surface area contributed by atoms with Crippen LogP contribution in [-0.4, -0.2) is 41.9 Å². The molecule has 0 bridgehead atoms. The molecule has 164 valence electrons. The number of rotatable bonds is 5. The maximum atomic E-state index is 13.1. The average Bonchev–Trinajstić information content (AvgIpc) is 3.25. The molecule has 1 aromatic carbocycles. The standard InChI is InChI=1S/C23H33FN4O2/c24-18-8-6-17(7-9-18)20-15-21(27-26-20)23(30)28-12-10-19(11-13-28)25-22(29)14-16-4-2-1-3-5-16/h6-9,16,19-21,26-27H,1-5,10-15H2,(H,25,29). The molecule has 1 saturated carbocycles. The number of carbonyl (C=O) groups excluding carboxylic acids is 2. The quantitative estimate of drug-likeness (QED) is 0.690. The Kier molecular flexibility index (Phi) is 7.00. The molecule has 2 aliphatic heterocycles. The van der Waals surface area contributed by atoms with Crippen LogP contribution in [0.25, 0.3) is 0 Å². The highest BCUT2D eigenvalue weighted by molar-refractivity contribution is 5.82. The van der Waals surface area contributed by atoms with E-state index < -0.39 is 0 Å². The number of hydrogen-bond acceptors (Lipinski definition) is 4. The lowest BCUT2D eigenvalue weighted by molar-refractivity contribution is -0.134. The third kappa shape index (κ3) is 5.38. The van der Waals surface area contributed by atoms with E-state index in [0.717, 1.165) is 18.4 Å². The van der Waals surface area contributed by atoms with Crippen molar-refractivity contribution in [2.75, 3.05) is 13.1 Å². The number of amides is 2. The molecule has 2 heterocycles. The van der Waals surface area contributed by atoms with Gasteiger partial charge in [0.25, 0.3) is 0 Å². The molecule has 0 spiro atoms. The fraction of sp³-hybridized carbons (Fsp3) is 0.652. The van der Waals surface area contributed by atoms with Crippen LogP contribution in [0.3, 0.4) is 0 Å². The third-order valence-corrected chi connectivity index (χ3v) is 6.84. The van der Waals surface area contributed by atoms with Gasteiger partial charge < -0.3 is 10.2 Å². The highest BCUT2D eigenvalue weighted by Gasteiger charge is 2.34. The van der Waals surface area contributed by atoms with E-state index in [1.54, 1.807) is 12.1 Å². The van der Waals surface area contributed by atoms with Crippen molar-refractivity contribution in [1.29, 1.82) is 0 Å². The molecule has 4 rings (SSSR count). The van der Waals surface area contributed by atoms with Gasteiger partial charge in [-0.2, -0.15) is 0 Å². The predicted octanol–water partition coefficient (Wildman–Crippen LogP) is 2.81. The summed E-state index contributed by atoms with van der Waals surface area (Å²) in [4.78, 5) is 27.2. The van der Waals surface area contributed by atoms with Gasteiger partial charge in [0.2, 0.25) is 11.8 Å². The summed E-state index contributed by atoms with van der Waals surface area (Å²) in [5, 5.41) is 3.19. The van der Waals surface area contributed by atoms with Crippen LogP contribution in [0.5, 0.6) is 0 Å². The van der Waals surface area contributed by atoms with Gasteiger partial charge in [0.1, 0.15) is 11.9 Å². The van der Waals surface area contributed by atoms with E-state index in [-0.39, 0.29) is 35.8 Å². The first-order valence-electron chi connectivity index (χ1n) is 11.4. The fourth-order valence-electron chi connectivity index (χ4n) is 5.04. The molecule has 7 heteroatoms. The maximum absolute atomic E-state index is 13.1. The van der Waals surface area contributed by atoms with Crippen molar-refractivity contribution in [1.82, 2.24) is 21.1 Å². The Balaban J connectivity index is 1.20. The lowest BCUT2D eigenvalue weighted by Crippen LogP contribution is -2.51. The van der Waals surface area contributed by atoms with Gasteiger partial charge >= 0.3 is 0 Å². The molecular weight excluding hydrogens is 383 g/mol. The molecule has 1 aliphatic carbocycles. The van der Waals surface area contributed by atoms with Crippen molar-refractivity contribution in [3.8, 4) is 0 Å².